The van der Waals surface area contributed by atoms with E-state index in [1.165, 1.54) is 11.1 Å². The first-order valence-corrected chi connectivity index (χ1v) is 18.2. The zero-order valence-electron chi connectivity index (χ0n) is 25.1. The molecule has 1 saturated carbocycles. The lowest BCUT2D eigenvalue weighted by molar-refractivity contribution is -0.293. The number of rotatable bonds is 11. The van der Waals surface area contributed by atoms with E-state index in [0.29, 0.717) is 31.5 Å². The minimum absolute atomic E-state index is 0.0478. The summed E-state index contributed by atoms with van der Waals surface area (Å²) in [5.41, 5.74) is 5.23. The van der Waals surface area contributed by atoms with Crippen molar-refractivity contribution in [3.63, 3.8) is 0 Å². The van der Waals surface area contributed by atoms with Crippen LogP contribution in [0.15, 0.2) is 35.5 Å². The second-order valence-electron chi connectivity index (χ2n) is 13.9. The first kappa shape index (κ1) is 30.9. The Morgan fingerprint density at radius 3 is 2.32 bits per heavy atom. The van der Waals surface area contributed by atoms with Crippen LogP contribution in [0.1, 0.15) is 71.8 Å². The number of allylic oxidation sites excluding steroid dienone is 1. The van der Waals surface area contributed by atoms with Crippen molar-refractivity contribution in [1.29, 1.82) is 0 Å². The number of benzene rings is 1. The molecule has 1 aliphatic carbocycles. The molecule has 3 rings (SSSR count). The molecule has 6 heteroatoms. The van der Waals surface area contributed by atoms with Crippen molar-refractivity contribution in [3.05, 3.63) is 41.1 Å². The van der Waals surface area contributed by atoms with Crippen LogP contribution in [0, 0.1) is 29.1 Å². The summed E-state index contributed by atoms with van der Waals surface area (Å²) in [6, 6.07) is 8.13. The van der Waals surface area contributed by atoms with Crippen LogP contribution in [0.3, 0.4) is 0 Å². The highest BCUT2D eigenvalue weighted by Crippen LogP contribution is 2.47. The van der Waals surface area contributed by atoms with Crippen molar-refractivity contribution < 1.29 is 24.1 Å². The van der Waals surface area contributed by atoms with Gasteiger partial charge >= 0.3 is 5.97 Å². The summed E-state index contributed by atoms with van der Waals surface area (Å²) in [7, 11) is 0.106. The summed E-state index contributed by atoms with van der Waals surface area (Å²) in [4.78, 5) is 12.7. The summed E-state index contributed by atoms with van der Waals surface area (Å²) in [6.45, 7) is 17.3. The van der Waals surface area contributed by atoms with Crippen LogP contribution < -0.4 is 4.74 Å². The van der Waals surface area contributed by atoms with Crippen molar-refractivity contribution >= 4 is 14.0 Å². The van der Waals surface area contributed by atoms with E-state index in [1.807, 2.05) is 12.1 Å². The fourth-order valence-electron chi connectivity index (χ4n) is 6.17. The minimum Gasteiger partial charge on any atom is -0.497 e. The first-order chi connectivity index (χ1) is 17.7. The number of ether oxygens (including phenoxy) is 3. The fraction of sp³-hybridized carbons (Fsp3) is 0.719. The highest BCUT2D eigenvalue weighted by atomic mass is 28.3. The second-order valence-corrected chi connectivity index (χ2v) is 18.9. The maximum absolute atomic E-state index is 12.7. The molecule has 1 unspecified atom stereocenters. The van der Waals surface area contributed by atoms with Crippen molar-refractivity contribution in [2.45, 2.75) is 98.1 Å². The summed E-state index contributed by atoms with van der Waals surface area (Å²) in [5.74, 6) is 0.321. The molecule has 2 fully saturated rings. The zero-order chi connectivity index (χ0) is 28.1. The molecule has 1 aromatic rings. The molecule has 5 nitrogen and oxygen atoms in total. The third kappa shape index (κ3) is 8.69. The van der Waals surface area contributed by atoms with Crippen molar-refractivity contribution in [2.75, 3.05) is 20.3 Å². The van der Waals surface area contributed by atoms with Gasteiger partial charge in [0.15, 0.2) is 5.79 Å². The SMILES string of the molecule is COc1ccc(CCCC(C(=O)O)[C@@H]2CC[C@@H](C)[C@H](CCC3(C)OCC(C)(C)CO3)/C2=C\[Si](C)(C)C)cc1. The molecule has 1 saturated heterocycles. The summed E-state index contributed by atoms with van der Waals surface area (Å²) in [5, 5.41) is 10.4. The van der Waals surface area contributed by atoms with E-state index >= 15 is 0 Å². The molecular formula is C32H52O5Si. The maximum Gasteiger partial charge on any atom is 0.307 e. The first-order valence-electron chi connectivity index (χ1n) is 14.6. The molecule has 0 bridgehead atoms. The van der Waals surface area contributed by atoms with Crippen LogP contribution in [-0.2, 0) is 20.7 Å². The molecule has 1 heterocycles. The molecule has 0 spiro atoms. The van der Waals surface area contributed by atoms with Gasteiger partial charge in [-0.3, -0.25) is 4.79 Å². The number of hydrogen-bond acceptors (Lipinski definition) is 4. The smallest absolute Gasteiger partial charge is 0.307 e. The normalized spacial score (nSPS) is 27.2. The largest absolute Gasteiger partial charge is 0.497 e. The molecule has 38 heavy (non-hydrogen) atoms. The Balaban J connectivity index is 1.75. The van der Waals surface area contributed by atoms with Crippen LogP contribution in [0.5, 0.6) is 5.75 Å². The number of carboxylic acid groups (broad SMARTS) is 1. The summed E-state index contributed by atoms with van der Waals surface area (Å²) >= 11 is 0. The van der Waals surface area contributed by atoms with E-state index in [9.17, 15) is 9.90 Å². The zero-order valence-corrected chi connectivity index (χ0v) is 26.1. The molecule has 2 aliphatic rings. The predicted octanol–water partition coefficient (Wildman–Crippen LogP) is 7.75. The van der Waals surface area contributed by atoms with Crippen LogP contribution in [-0.4, -0.2) is 45.3 Å². The second kappa shape index (κ2) is 12.7. The van der Waals surface area contributed by atoms with Crippen LogP contribution in [0.4, 0.5) is 0 Å². The molecule has 0 radical (unpaired) electrons. The Kier molecular flexibility index (Phi) is 10.3. The van der Waals surface area contributed by atoms with Crippen LogP contribution >= 0.6 is 0 Å². The average Bonchev–Trinajstić information content (AvgIpc) is 2.84. The Bertz CT molecular complexity index is 936. The lowest BCUT2D eigenvalue weighted by atomic mass is 9.65. The fourth-order valence-corrected chi connectivity index (χ4v) is 7.60. The molecule has 0 amide bonds. The van der Waals surface area contributed by atoms with E-state index in [4.69, 9.17) is 14.2 Å². The molecule has 0 aromatic heterocycles. The predicted molar refractivity (Wildman–Crippen MR) is 157 cm³/mol. The number of aliphatic carboxylic acids is 1. The summed E-state index contributed by atoms with van der Waals surface area (Å²) < 4.78 is 17.7. The monoisotopic (exact) mass is 544 g/mol. The van der Waals surface area contributed by atoms with E-state index in [2.05, 4.69) is 65.2 Å². The van der Waals surface area contributed by atoms with Gasteiger partial charge in [-0.1, -0.05) is 63.8 Å². The molecule has 1 N–H and O–H groups in total. The molecule has 1 aromatic carbocycles. The van der Waals surface area contributed by atoms with Gasteiger partial charge in [-0.25, -0.2) is 0 Å². The summed E-state index contributed by atoms with van der Waals surface area (Å²) in [6.07, 6.45) is 6.31. The third-order valence-electron chi connectivity index (χ3n) is 8.46. The van der Waals surface area contributed by atoms with Crippen LogP contribution in [0.25, 0.3) is 0 Å². The van der Waals surface area contributed by atoms with Gasteiger partial charge in [-0.2, -0.15) is 0 Å². The highest BCUT2D eigenvalue weighted by Gasteiger charge is 2.42. The Morgan fingerprint density at radius 1 is 1.13 bits per heavy atom. The van der Waals surface area contributed by atoms with E-state index < -0.39 is 19.8 Å². The molecule has 214 valence electrons. The molecule has 4 atom stereocenters. The van der Waals surface area contributed by atoms with Gasteiger partial charge in [-0.15, -0.1) is 0 Å². The average molecular weight is 545 g/mol. The number of carbonyl (C=O) groups is 1. The highest BCUT2D eigenvalue weighted by molar-refractivity contribution is 6.81. The van der Waals surface area contributed by atoms with Crippen molar-refractivity contribution in [2.24, 2.45) is 29.1 Å². The van der Waals surface area contributed by atoms with Crippen LogP contribution in [0.2, 0.25) is 19.6 Å². The lowest BCUT2D eigenvalue weighted by Gasteiger charge is -2.44. The standard InChI is InChI=1S/C32H52O5Si/c1-23-12-17-27(28(30(33)34)11-9-10-24-13-15-25(35-5)16-14-24)29(20-38(6,7)8)26(23)18-19-32(4)36-21-31(2,3)22-37-32/h13-16,20,23,26-28H,9-12,17-19,21-22H2,1-8H3,(H,33,34)/b29-20+/t23-,26+,27+,28?/m1/s1. The quantitative estimate of drug-likeness (QED) is 0.289. The van der Waals surface area contributed by atoms with Crippen molar-refractivity contribution in [1.82, 2.24) is 0 Å². The number of carboxylic acids is 1. The topological polar surface area (TPSA) is 65.0 Å². The van der Waals surface area contributed by atoms with Gasteiger partial charge in [0, 0.05) is 11.8 Å². The minimum atomic E-state index is -1.57. The van der Waals surface area contributed by atoms with E-state index in [-0.39, 0.29) is 17.3 Å². The van der Waals surface area contributed by atoms with E-state index in [0.717, 1.165) is 44.3 Å². The van der Waals surface area contributed by atoms with Gasteiger partial charge < -0.3 is 19.3 Å². The van der Waals surface area contributed by atoms with E-state index in [1.54, 1.807) is 7.11 Å². The Labute approximate surface area is 232 Å². The van der Waals surface area contributed by atoms with Gasteiger partial charge in [0.25, 0.3) is 0 Å². The maximum atomic E-state index is 12.7. The van der Waals surface area contributed by atoms with Crippen molar-refractivity contribution in [3.8, 4) is 5.75 Å². The number of methoxy groups -OCH3 is 1. The van der Waals surface area contributed by atoms with Gasteiger partial charge in [0.1, 0.15) is 5.75 Å². The number of hydrogen-bond donors (Lipinski definition) is 1. The Hall–Kier alpha value is -1.63. The third-order valence-corrected chi connectivity index (χ3v) is 9.66. The molecular weight excluding hydrogens is 492 g/mol. The Morgan fingerprint density at radius 2 is 1.76 bits per heavy atom. The van der Waals surface area contributed by atoms with Gasteiger partial charge in [0.2, 0.25) is 0 Å². The number of aryl methyl sites for hydroxylation is 1. The van der Waals surface area contributed by atoms with Gasteiger partial charge in [0.05, 0.1) is 34.3 Å². The molecule has 1 aliphatic heterocycles. The van der Waals surface area contributed by atoms with Gasteiger partial charge in [-0.05, 0) is 80.9 Å². The lowest BCUT2D eigenvalue weighted by Crippen LogP contribution is -2.46.